The van der Waals surface area contributed by atoms with Gasteiger partial charge in [0.25, 0.3) is 5.92 Å². The molecule has 37 heavy (non-hydrogen) atoms. The van der Waals surface area contributed by atoms with E-state index < -0.39 is 55.1 Å². The standard InChI is InChI=1S/C25H35BF2N4O5/c1-24(2,32-12-10-25(27,28)17-32)14-19(15-29)22(33)31-11-6-9-20(16-31)37-23(34)30-21(26(35)36)13-18-7-4-3-5-8-18/h3-5,7-8,19-21,35-36H,6,9-14,16-17H2,1-2H3,(H,30,34)/t19?,20-,21+/m1/s1. The summed E-state index contributed by atoms with van der Waals surface area (Å²) in [6.07, 6.45) is -0.347. The third-order valence-corrected chi connectivity index (χ3v) is 7.11. The van der Waals surface area contributed by atoms with Gasteiger partial charge in [0.15, 0.2) is 0 Å². The van der Waals surface area contributed by atoms with Crippen LogP contribution in [0, 0.1) is 17.2 Å². The first kappa shape index (κ1) is 28.8. The van der Waals surface area contributed by atoms with Crippen LogP contribution in [-0.4, -0.2) is 88.7 Å². The second kappa shape index (κ2) is 12.2. The molecule has 0 radical (unpaired) electrons. The molecule has 3 N–H and O–H groups in total. The lowest BCUT2D eigenvalue weighted by atomic mass is 9.76. The van der Waals surface area contributed by atoms with E-state index in [1.807, 2.05) is 12.1 Å². The lowest BCUT2D eigenvalue weighted by Crippen LogP contribution is -2.51. The normalized spacial score (nSPS) is 21.5. The van der Waals surface area contributed by atoms with Crippen molar-refractivity contribution >= 4 is 19.1 Å². The number of likely N-dealkylation sites (tertiary alicyclic amines) is 2. The highest BCUT2D eigenvalue weighted by atomic mass is 19.3. The van der Waals surface area contributed by atoms with Crippen LogP contribution in [0.3, 0.4) is 0 Å². The number of amides is 2. The predicted molar refractivity (Wildman–Crippen MR) is 132 cm³/mol. The van der Waals surface area contributed by atoms with Crippen LogP contribution in [0.15, 0.2) is 30.3 Å². The number of carbonyl (C=O) groups excluding carboxylic acids is 2. The number of alkyl halides is 2. The van der Waals surface area contributed by atoms with Crippen molar-refractivity contribution in [2.45, 2.75) is 69.5 Å². The van der Waals surface area contributed by atoms with Crippen molar-refractivity contribution in [1.29, 1.82) is 5.26 Å². The molecule has 0 spiro atoms. The number of nitrogens with one attached hydrogen (secondary N) is 1. The van der Waals surface area contributed by atoms with E-state index in [0.717, 1.165) is 5.56 Å². The molecule has 2 heterocycles. The summed E-state index contributed by atoms with van der Waals surface area (Å²) in [5.74, 6) is -5.19. The number of ether oxygens (including phenoxy) is 1. The molecule has 202 valence electrons. The minimum Gasteiger partial charge on any atom is -0.444 e. The highest BCUT2D eigenvalue weighted by Gasteiger charge is 2.45. The number of benzene rings is 1. The van der Waals surface area contributed by atoms with Crippen LogP contribution >= 0.6 is 0 Å². The highest BCUT2D eigenvalue weighted by molar-refractivity contribution is 6.43. The molecule has 1 aromatic rings. The first-order valence-electron chi connectivity index (χ1n) is 12.6. The Bertz CT molecular complexity index is 976. The number of hydrogen-bond donors (Lipinski definition) is 3. The summed E-state index contributed by atoms with van der Waals surface area (Å²) in [5.41, 5.74) is 0.0407. The number of carbonyl (C=O) groups is 2. The van der Waals surface area contributed by atoms with E-state index in [0.29, 0.717) is 19.4 Å². The lowest BCUT2D eigenvalue weighted by Gasteiger charge is -2.38. The molecular weight excluding hydrogens is 485 g/mol. The number of alkyl carbamates (subject to hydrolysis) is 1. The van der Waals surface area contributed by atoms with Crippen LogP contribution in [0.25, 0.3) is 0 Å². The topological polar surface area (TPSA) is 126 Å². The number of halogens is 2. The summed E-state index contributed by atoms with van der Waals surface area (Å²) in [6, 6.07) is 11.1. The summed E-state index contributed by atoms with van der Waals surface area (Å²) in [6.45, 7) is 3.83. The van der Waals surface area contributed by atoms with Gasteiger partial charge in [-0.25, -0.2) is 13.6 Å². The van der Waals surface area contributed by atoms with Crippen LogP contribution in [0.1, 0.15) is 45.1 Å². The average molecular weight is 520 g/mol. The molecule has 12 heteroatoms. The summed E-state index contributed by atoms with van der Waals surface area (Å²) >= 11 is 0. The maximum atomic E-state index is 13.7. The van der Waals surface area contributed by atoms with Crippen LogP contribution < -0.4 is 5.32 Å². The van der Waals surface area contributed by atoms with Crippen molar-refractivity contribution in [3.8, 4) is 6.07 Å². The van der Waals surface area contributed by atoms with Gasteiger partial charge in [0.05, 0.1) is 25.1 Å². The third kappa shape index (κ3) is 8.12. The summed E-state index contributed by atoms with van der Waals surface area (Å²) in [4.78, 5) is 28.8. The molecule has 1 unspecified atom stereocenters. The second-order valence-corrected chi connectivity index (χ2v) is 10.5. The van der Waals surface area contributed by atoms with Crippen LogP contribution in [0.5, 0.6) is 0 Å². The van der Waals surface area contributed by atoms with E-state index >= 15 is 0 Å². The summed E-state index contributed by atoms with van der Waals surface area (Å²) in [5, 5.41) is 31.6. The highest BCUT2D eigenvalue weighted by Crippen LogP contribution is 2.35. The minimum absolute atomic E-state index is 0.0949. The van der Waals surface area contributed by atoms with Crippen LogP contribution in [0.4, 0.5) is 13.6 Å². The van der Waals surface area contributed by atoms with E-state index in [2.05, 4.69) is 5.32 Å². The Morgan fingerprint density at radius 1 is 1.30 bits per heavy atom. The Morgan fingerprint density at radius 2 is 2.00 bits per heavy atom. The molecule has 3 atom stereocenters. The zero-order valence-electron chi connectivity index (χ0n) is 21.3. The van der Waals surface area contributed by atoms with E-state index in [1.54, 1.807) is 43.0 Å². The van der Waals surface area contributed by atoms with Gasteiger partial charge in [0.1, 0.15) is 12.0 Å². The van der Waals surface area contributed by atoms with Crippen molar-refractivity contribution in [2.75, 3.05) is 26.2 Å². The van der Waals surface area contributed by atoms with E-state index in [9.17, 15) is 33.7 Å². The number of nitriles is 1. The van der Waals surface area contributed by atoms with Crippen molar-refractivity contribution in [3.63, 3.8) is 0 Å². The Balaban J connectivity index is 1.55. The molecule has 2 fully saturated rings. The number of hydrogen-bond acceptors (Lipinski definition) is 7. The van der Waals surface area contributed by atoms with Gasteiger partial charge in [0, 0.05) is 25.0 Å². The Morgan fingerprint density at radius 3 is 2.59 bits per heavy atom. The maximum absolute atomic E-state index is 13.7. The number of piperidine rings is 1. The minimum atomic E-state index is -2.77. The predicted octanol–water partition coefficient (Wildman–Crippen LogP) is 1.98. The van der Waals surface area contributed by atoms with E-state index in [1.165, 1.54) is 4.90 Å². The fourth-order valence-corrected chi connectivity index (χ4v) is 4.96. The van der Waals surface area contributed by atoms with Gasteiger partial charge >= 0.3 is 13.2 Å². The Kier molecular flexibility index (Phi) is 9.50. The molecule has 1 aromatic carbocycles. The molecule has 2 saturated heterocycles. The average Bonchev–Trinajstić information content (AvgIpc) is 3.23. The third-order valence-electron chi connectivity index (χ3n) is 7.11. The maximum Gasteiger partial charge on any atom is 0.475 e. The molecule has 0 saturated carbocycles. The van der Waals surface area contributed by atoms with Crippen LogP contribution in [0.2, 0.25) is 0 Å². The molecular formula is C25H35BF2N4O5. The lowest BCUT2D eigenvalue weighted by molar-refractivity contribution is -0.138. The summed E-state index contributed by atoms with van der Waals surface area (Å²) < 4.78 is 32.9. The largest absolute Gasteiger partial charge is 0.475 e. The smallest absolute Gasteiger partial charge is 0.444 e. The quantitative estimate of drug-likeness (QED) is 0.425. The van der Waals surface area contributed by atoms with E-state index in [4.69, 9.17) is 4.74 Å². The number of rotatable bonds is 9. The van der Waals surface area contributed by atoms with Crippen molar-refractivity contribution < 1.29 is 33.2 Å². The fraction of sp³-hybridized carbons (Fsp3) is 0.640. The second-order valence-electron chi connectivity index (χ2n) is 10.5. The van der Waals surface area contributed by atoms with Gasteiger partial charge in [-0.15, -0.1) is 0 Å². The first-order chi connectivity index (χ1) is 17.4. The Hall–Kier alpha value is -2.75. The first-order valence-corrected chi connectivity index (χ1v) is 12.6. The van der Waals surface area contributed by atoms with Gasteiger partial charge in [-0.3, -0.25) is 9.69 Å². The molecule has 0 aromatic heterocycles. The molecule has 0 bridgehead atoms. The molecule has 0 aliphatic carbocycles. The molecule has 2 amide bonds. The van der Waals surface area contributed by atoms with E-state index in [-0.39, 0.29) is 32.4 Å². The molecule has 2 aliphatic heterocycles. The number of nitrogens with zero attached hydrogens (tertiary/aromatic N) is 3. The summed E-state index contributed by atoms with van der Waals surface area (Å²) in [7, 11) is -1.80. The fourth-order valence-electron chi connectivity index (χ4n) is 4.96. The van der Waals surface area contributed by atoms with Crippen molar-refractivity contribution in [1.82, 2.24) is 15.1 Å². The van der Waals surface area contributed by atoms with Crippen LogP contribution in [-0.2, 0) is 16.0 Å². The van der Waals surface area contributed by atoms with Gasteiger partial charge < -0.3 is 25.0 Å². The van der Waals surface area contributed by atoms with Gasteiger partial charge in [-0.1, -0.05) is 30.3 Å². The molecule has 3 rings (SSSR count). The zero-order valence-corrected chi connectivity index (χ0v) is 21.3. The van der Waals surface area contributed by atoms with Crippen molar-refractivity contribution in [2.24, 2.45) is 5.92 Å². The van der Waals surface area contributed by atoms with Gasteiger partial charge in [0.2, 0.25) is 5.91 Å². The zero-order chi connectivity index (χ0) is 27.2. The Labute approximate surface area is 216 Å². The molecule has 9 nitrogen and oxygen atoms in total. The molecule has 2 aliphatic rings. The SMILES string of the molecule is CC(C)(CC(C#N)C(=O)N1CCC[C@@H](OC(=O)N[C@@H](Cc2ccccc2)B(O)O)C1)N1CCC(F)(F)C1. The monoisotopic (exact) mass is 520 g/mol. The van der Waals surface area contributed by atoms with Crippen molar-refractivity contribution in [3.05, 3.63) is 35.9 Å². The van der Waals surface area contributed by atoms with Gasteiger partial charge in [-0.05, 0) is 45.1 Å². The van der Waals surface area contributed by atoms with Gasteiger partial charge in [-0.2, -0.15) is 5.26 Å².